The molecule has 25 heavy (non-hydrogen) atoms. The molecule has 0 fully saturated rings. The molecule has 0 N–H and O–H groups in total. The number of nitrogens with zero attached hydrogens (tertiary/aromatic N) is 3. The fourth-order valence-electron chi connectivity index (χ4n) is 2.46. The lowest BCUT2D eigenvalue weighted by Gasteiger charge is -2.10. The van der Waals surface area contributed by atoms with E-state index in [1.807, 2.05) is 42.5 Å². The lowest BCUT2D eigenvalue weighted by Crippen LogP contribution is -2.06. The average Bonchev–Trinajstić information content (AvgIpc) is 3.02. The molecule has 0 bridgehead atoms. The molecule has 3 rings (SSSR count). The number of ketones is 1. The van der Waals surface area contributed by atoms with Crippen LogP contribution in [-0.4, -0.2) is 26.3 Å². The van der Waals surface area contributed by atoms with E-state index >= 15 is 0 Å². The highest BCUT2D eigenvalue weighted by atomic mass is 79.9. The topological polar surface area (TPSA) is 47.8 Å². The van der Waals surface area contributed by atoms with Gasteiger partial charge in [0.1, 0.15) is 5.78 Å². The number of Topliss-reactive ketones (excluding diaryl/α,β-unsaturated/α-hetero) is 1. The van der Waals surface area contributed by atoms with Crippen molar-refractivity contribution in [3.63, 3.8) is 0 Å². The van der Waals surface area contributed by atoms with Gasteiger partial charge in [-0.15, -0.1) is 10.2 Å². The maximum absolute atomic E-state index is 11.3. The first kappa shape index (κ1) is 17.9. The number of hydrogen-bond acceptors (Lipinski definition) is 4. The highest BCUT2D eigenvalue weighted by Crippen LogP contribution is 2.25. The molecule has 6 heteroatoms. The summed E-state index contributed by atoms with van der Waals surface area (Å²) in [6.45, 7) is 2.36. The number of aryl methyl sites for hydroxylation is 1. The van der Waals surface area contributed by atoms with Gasteiger partial charge in [0.2, 0.25) is 0 Å². The van der Waals surface area contributed by atoms with Gasteiger partial charge in [0.05, 0.1) is 5.75 Å². The van der Waals surface area contributed by atoms with Crippen molar-refractivity contribution in [1.29, 1.82) is 0 Å². The van der Waals surface area contributed by atoms with Crippen LogP contribution in [0.4, 0.5) is 0 Å². The first-order valence-corrected chi connectivity index (χ1v) is 9.76. The van der Waals surface area contributed by atoms with Crippen LogP contribution in [0.1, 0.15) is 12.5 Å². The van der Waals surface area contributed by atoms with Gasteiger partial charge in [0, 0.05) is 16.6 Å². The van der Waals surface area contributed by atoms with E-state index in [0.717, 1.165) is 34.0 Å². The third-order valence-electron chi connectivity index (χ3n) is 3.69. The molecule has 3 aromatic rings. The summed E-state index contributed by atoms with van der Waals surface area (Å²) in [6.07, 6.45) is 0.885. The zero-order chi connectivity index (χ0) is 17.6. The largest absolute Gasteiger partial charge is 0.302 e. The molecule has 1 heterocycles. The van der Waals surface area contributed by atoms with Gasteiger partial charge in [0.25, 0.3) is 0 Å². The summed E-state index contributed by atoms with van der Waals surface area (Å²) in [7, 11) is 0. The van der Waals surface area contributed by atoms with Gasteiger partial charge in [-0.1, -0.05) is 70.2 Å². The monoisotopic (exact) mass is 415 g/mol. The number of carbonyl (C=O) groups excluding carboxylic acids is 1. The normalized spacial score (nSPS) is 10.8. The molecule has 0 radical (unpaired) electrons. The Morgan fingerprint density at radius 2 is 1.80 bits per heavy atom. The molecule has 0 aliphatic heterocycles. The number of thioether (sulfide) groups is 1. The Morgan fingerprint density at radius 1 is 1.08 bits per heavy atom. The van der Waals surface area contributed by atoms with Crippen LogP contribution in [0.15, 0.2) is 64.2 Å². The van der Waals surface area contributed by atoms with E-state index in [-0.39, 0.29) is 5.78 Å². The SMILES string of the molecule is CC(=O)CSc1nnc(-c2ccc(Br)cc2)n1CCc1ccccc1. The lowest BCUT2D eigenvalue weighted by atomic mass is 10.1. The van der Waals surface area contributed by atoms with Crippen LogP contribution in [0.3, 0.4) is 0 Å². The molecule has 0 amide bonds. The summed E-state index contributed by atoms with van der Waals surface area (Å²) in [5, 5.41) is 9.46. The first-order chi connectivity index (χ1) is 12.1. The fraction of sp³-hybridized carbons (Fsp3) is 0.211. The molecule has 1 aromatic heterocycles. The molecular formula is C19H18BrN3OS. The second-order valence-electron chi connectivity index (χ2n) is 5.69. The number of hydrogen-bond donors (Lipinski definition) is 0. The molecular weight excluding hydrogens is 398 g/mol. The Hall–Kier alpha value is -1.92. The van der Waals surface area contributed by atoms with Gasteiger partial charge < -0.3 is 4.57 Å². The highest BCUT2D eigenvalue weighted by Gasteiger charge is 2.15. The van der Waals surface area contributed by atoms with Crippen molar-refractivity contribution in [2.45, 2.75) is 25.0 Å². The average molecular weight is 416 g/mol. The zero-order valence-electron chi connectivity index (χ0n) is 13.9. The molecule has 0 aliphatic rings. The molecule has 0 unspecified atom stereocenters. The van der Waals surface area contributed by atoms with E-state index in [1.54, 1.807) is 6.92 Å². The predicted octanol–water partition coefficient (Wildman–Crippen LogP) is 4.63. The Labute approximate surface area is 159 Å². The molecule has 4 nitrogen and oxygen atoms in total. The molecule has 0 spiro atoms. The minimum Gasteiger partial charge on any atom is -0.302 e. The molecule has 2 aromatic carbocycles. The number of aromatic nitrogens is 3. The second kappa shape index (κ2) is 8.45. The summed E-state index contributed by atoms with van der Waals surface area (Å²) in [4.78, 5) is 11.3. The van der Waals surface area contributed by atoms with E-state index in [1.165, 1.54) is 17.3 Å². The van der Waals surface area contributed by atoms with E-state index < -0.39 is 0 Å². The number of rotatable bonds is 7. The van der Waals surface area contributed by atoms with E-state index in [2.05, 4.69) is 42.8 Å². The summed E-state index contributed by atoms with van der Waals surface area (Å²) in [6, 6.07) is 18.4. The van der Waals surface area contributed by atoms with E-state index in [0.29, 0.717) is 5.75 Å². The summed E-state index contributed by atoms with van der Waals surface area (Å²) < 4.78 is 3.13. The van der Waals surface area contributed by atoms with Crippen molar-refractivity contribution in [2.75, 3.05) is 5.75 Å². The van der Waals surface area contributed by atoms with Gasteiger partial charge in [-0.25, -0.2) is 0 Å². The molecule has 0 aliphatic carbocycles. The molecule has 0 saturated carbocycles. The first-order valence-electron chi connectivity index (χ1n) is 7.99. The number of benzene rings is 2. The summed E-state index contributed by atoms with van der Waals surface area (Å²) >= 11 is 4.90. The molecule has 0 saturated heterocycles. The second-order valence-corrected chi connectivity index (χ2v) is 7.55. The Morgan fingerprint density at radius 3 is 2.48 bits per heavy atom. The quantitative estimate of drug-likeness (QED) is 0.527. The Bertz CT molecular complexity index is 847. The Kier molecular flexibility index (Phi) is 6.04. The maximum atomic E-state index is 11.3. The van der Waals surface area contributed by atoms with Gasteiger partial charge in [0.15, 0.2) is 11.0 Å². The van der Waals surface area contributed by atoms with E-state index in [4.69, 9.17) is 0 Å². The minimum atomic E-state index is 0.132. The lowest BCUT2D eigenvalue weighted by molar-refractivity contribution is -0.114. The Balaban J connectivity index is 1.88. The van der Waals surface area contributed by atoms with Crippen molar-refractivity contribution in [3.8, 4) is 11.4 Å². The fourth-order valence-corrected chi connectivity index (χ4v) is 3.49. The van der Waals surface area contributed by atoms with Crippen molar-refractivity contribution in [2.24, 2.45) is 0 Å². The molecule has 0 atom stereocenters. The third-order valence-corrected chi connectivity index (χ3v) is 5.33. The van der Waals surface area contributed by atoms with Crippen LogP contribution < -0.4 is 0 Å². The van der Waals surface area contributed by atoms with Crippen LogP contribution in [0.2, 0.25) is 0 Å². The number of halogens is 1. The standard InChI is InChI=1S/C19H18BrN3OS/c1-14(24)13-25-19-22-21-18(16-7-9-17(20)10-8-16)23(19)12-11-15-5-3-2-4-6-15/h2-10H,11-13H2,1H3. The van der Waals surface area contributed by atoms with Crippen LogP contribution in [-0.2, 0) is 17.8 Å². The van der Waals surface area contributed by atoms with E-state index in [9.17, 15) is 4.79 Å². The van der Waals surface area contributed by atoms with Crippen molar-refractivity contribution in [1.82, 2.24) is 14.8 Å². The van der Waals surface area contributed by atoms with Gasteiger partial charge >= 0.3 is 0 Å². The molecule has 128 valence electrons. The number of carbonyl (C=O) groups is 1. The van der Waals surface area contributed by atoms with Crippen molar-refractivity contribution >= 4 is 33.5 Å². The van der Waals surface area contributed by atoms with Crippen LogP contribution in [0, 0.1) is 0 Å². The zero-order valence-corrected chi connectivity index (χ0v) is 16.3. The van der Waals surface area contributed by atoms with Crippen LogP contribution in [0.5, 0.6) is 0 Å². The van der Waals surface area contributed by atoms with Gasteiger partial charge in [-0.3, -0.25) is 4.79 Å². The highest BCUT2D eigenvalue weighted by molar-refractivity contribution is 9.10. The van der Waals surface area contributed by atoms with Crippen molar-refractivity contribution < 1.29 is 4.79 Å². The van der Waals surface area contributed by atoms with Gasteiger partial charge in [-0.05, 0) is 31.0 Å². The third kappa shape index (κ3) is 4.80. The predicted molar refractivity (Wildman–Crippen MR) is 105 cm³/mol. The summed E-state index contributed by atoms with van der Waals surface area (Å²) in [5.74, 6) is 1.37. The smallest absolute Gasteiger partial charge is 0.191 e. The van der Waals surface area contributed by atoms with Crippen LogP contribution >= 0.6 is 27.7 Å². The minimum absolute atomic E-state index is 0.132. The van der Waals surface area contributed by atoms with Crippen molar-refractivity contribution in [3.05, 3.63) is 64.6 Å². The van der Waals surface area contributed by atoms with Crippen LogP contribution in [0.25, 0.3) is 11.4 Å². The summed E-state index contributed by atoms with van der Waals surface area (Å²) in [5.41, 5.74) is 2.28. The van der Waals surface area contributed by atoms with Gasteiger partial charge in [-0.2, -0.15) is 0 Å². The maximum Gasteiger partial charge on any atom is 0.191 e.